The molecule has 1 aromatic carbocycles. The van der Waals surface area contributed by atoms with E-state index in [9.17, 15) is 18.4 Å². The third-order valence-corrected chi connectivity index (χ3v) is 3.82. The zero-order valence-electron chi connectivity index (χ0n) is 11.8. The summed E-state index contributed by atoms with van der Waals surface area (Å²) in [4.78, 5) is 24.9. The maximum Gasteiger partial charge on any atom is 0.261 e. The molecule has 2 amide bonds. The van der Waals surface area contributed by atoms with Crippen LogP contribution in [0.3, 0.4) is 0 Å². The standard InChI is InChI=1S/C15H14F2N2O2S/c1-10(20)19(14-11(16)4-2-5-12(14)17)8-7-18-15(21)13-6-3-9-22-13/h2-6,9H,7-8H2,1H3,(H,18,21). The summed E-state index contributed by atoms with van der Waals surface area (Å²) in [5.41, 5.74) is -0.402. The molecule has 0 saturated heterocycles. The van der Waals surface area contributed by atoms with Crippen LogP contribution in [0, 0.1) is 11.6 Å². The zero-order chi connectivity index (χ0) is 16.1. The minimum Gasteiger partial charge on any atom is -0.350 e. The van der Waals surface area contributed by atoms with E-state index in [1.54, 1.807) is 17.5 Å². The van der Waals surface area contributed by atoms with Gasteiger partial charge in [-0.2, -0.15) is 0 Å². The van der Waals surface area contributed by atoms with Gasteiger partial charge in [0.05, 0.1) is 4.88 Å². The van der Waals surface area contributed by atoms with E-state index in [1.165, 1.54) is 24.3 Å². The second kappa shape index (κ2) is 7.13. The average molecular weight is 324 g/mol. The number of thiophene rings is 1. The fourth-order valence-corrected chi connectivity index (χ4v) is 2.59. The van der Waals surface area contributed by atoms with Crippen molar-refractivity contribution < 1.29 is 18.4 Å². The molecule has 0 aliphatic rings. The summed E-state index contributed by atoms with van der Waals surface area (Å²) >= 11 is 1.28. The highest BCUT2D eigenvalue weighted by atomic mass is 32.1. The lowest BCUT2D eigenvalue weighted by molar-refractivity contribution is -0.116. The summed E-state index contributed by atoms with van der Waals surface area (Å²) in [7, 11) is 0. The SMILES string of the molecule is CC(=O)N(CCNC(=O)c1cccs1)c1c(F)cccc1F. The Morgan fingerprint density at radius 2 is 1.86 bits per heavy atom. The van der Waals surface area contributed by atoms with E-state index >= 15 is 0 Å². The Hall–Kier alpha value is -2.28. The van der Waals surface area contributed by atoms with E-state index in [1.807, 2.05) is 0 Å². The van der Waals surface area contributed by atoms with Gasteiger partial charge in [0.15, 0.2) is 0 Å². The summed E-state index contributed by atoms with van der Waals surface area (Å²) in [6.07, 6.45) is 0. The van der Waals surface area contributed by atoms with Gasteiger partial charge in [-0.15, -0.1) is 11.3 Å². The molecule has 1 N–H and O–H groups in total. The molecule has 0 bridgehead atoms. The van der Waals surface area contributed by atoms with Gasteiger partial charge >= 0.3 is 0 Å². The Bertz CT molecular complexity index is 654. The van der Waals surface area contributed by atoms with Crippen LogP contribution in [0.5, 0.6) is 0 Å². The predicted octanol–water partition coefficient (Wildman–Crippen LogP) is 2.81. The molecule has 2 aromatic rings. The van der Waals surface area contributed by atoms with Gasteiger partial charge < -0.3 is 10.2 Å². The topological polar surface area (TPSA) is 49.4 Å². The number of hydrogen-bond donors (Lipinski definition) is 1. The molecule has 0 unspecified atom stereocenters. The second-order valence-corrected chi connectivity index (χ2v) is 5.42. The quantitative estimate of drug-likeness (QED) is 0.919. The van der Waals surface area contributed by atoms with Gasteiger partial charge in [-0.3, -0.25) is 9.59 Å². The molecule has 22 heavy (non-hydrogen) atoms. The molecule has 0 aliphatic carbocycles. The van der Waals surface area contributed by atoms with Crippen LogP contribution in [0.2, 0.25) is 0 Å². The summed E-state index contributed by atoms with van der Waals surface area (Å²) in [5.74, 6) is -2.43. The highest BCUT2D eigenvalue weighted by molar-refractivity contribution is 7.12. The van der Waals surface area contributed by atoms with E-state index in [2.05, 4.69) is 5.32 Å². The van der Waals surface area contributed by atoms with Gasteiger partial charge in [0.1, 0.15) is 17.3 Å². The molecular weight excluding hydrogens is 310 g/mol. The molecule has 0 aliphatic heterocycles. The van der Waals surface area contributed by atoms with Crippen molar-refractivity contribution in [2.45, 2.75) is 6.92 Å². The van der Waals surface area contributed by atoms with E-state index < -0.39 is 23.2 Å². The fraction of sp³-hybridized carbons (Fsp3) is 0.200. The van der Waals surface area contributed by atoms with Crippen LogP contribution < -0.4 is 10.2 Å². The summed E-state index contributed by atoms with van der Waals surface area (Å²) in [6.45, 7) is 1.28. The molecule has 0 spiro atoms. The summed E-state index contributed by atoms with van der Waals surface area (Å²) in [6, 6.07) is 6.80. The maximum absolute atomic E-state index is 13.8. The number of benzene rings is 1. The zero-order valence-corrected chi connectivity index (χ0v) is 12.6. The second-order valence-electron chi connectivity index (χ2n) is 4.47. The molecule has 1 aromatic heterocycles. The number of nitrogens with one attached hydrogen (secondary N) is 1. The molecule has 116 valence electrons. The molecule has 1 heterocycles. The van der Waals surface area contributed by atoms with Gasteiger partial charge in [-0.25, -0.2) is 8.78 Å². The van der Waals surface area contributed by atoms with Crippen molar-refractivity contribution in [1.82, 2.24) is 5.32 Å². The van der Waals surface area contributed by atoms with Gasteiger partial charge in [0.25, 0.3) is 5.91 Å². The number of carbonyl (C=O) groups excluding carboxylic acids is 2. The highest BCUT2D eigenvalue weighted by Gasteiger charge is 2.20. The van der Waals surface area contributed by atoms with E-state index in [0.29, 0.717) is 4.88 Å². The van der Waals surface area contributed by atoms with E-state index in [4.69, 9.17) is 0 Å². The lowest BCUT2D eigenvalue weighted by Gasteiger charge is -2.22. The van der Waals surface area contributed by atoms with Crippen LogP contribution in [0.25, 0.3) is 0 Å². The lowest BCUT2D eigenvalue weighted by atomic mass is 10.2. The minimum absolute atomic E-state index is 0.0235. The Balaban J connectivity index is 2.04. The summed E-state index contributed by atoms with van der Waals surface area (Å²) in [5, 5.41) is 4.38. The number of para-hydroxylation sites is 1. The van der Waals surface area contributed by atoms with Crippen molar-refractivity contribution in [3.63, 3.8) is 0 Å². The first-order valence-electron chi connectivity index (χ1n) is 6.54. The molecule has 4 nitrogen and oxygen atoms in total. The third-order valence-electron chi connectivity index (χ3n) is 2.95. The molecule has 0 atom stereocenters. The van der Waals surface area contributed by atoms with Gasteiger partial charge in [-0.1, -0.05) is 12.1 Å². The molecule has 0 fully saturated rings. The number of anilines is 1. The number of halogens is 2. The first-order chi connectivity index (χ1) is 10.5. The van der Waals surface area contributed by atoms with Gasteiger partial charge in [0, 0.05) is 20.0 Å². The van der Waals surface area contributed by atoms with Gasteiger partial charge in [0.2, 0.25) is 5.91 Å². The monoisotopic (exact) mass is 324 g/mol. The van der Waals surface area contributed by atoms with Crippen molar-refractivity contribution in [2.24, 2.45) is 0 Å². The van der Waals surface area contributed by atoms with Crippen LogP contribution in [0.1, 0.15) is 16.6 Å². The molecule has 0 radical (unpaired) electrons. The molecule has 0 saturated carbocycles. The van der Waals surface area contributed by atoms with E-state index in [0.717, 1.165) is 17.0 Å². The number of rotatable bonds is 5. The van der Waals surface area contributed by atoms with Crippen molar-refractivity contribution in [1.29, 1.82) is 0 Å². The van der Waals surface area contributed by atoms with Crippen molar-refractivity contribution in [2.75, 3.05) is 18.0 Å². The fourth-order valence-electron chi connectivity index (χ4n) is 1.95. The van der Waals surface area contributed by atoms with E-state index in [-0.39, 0.29) is 19.0 Å². The first kappa shape index (κ1) is 16.1. The average Bonchev–Trinajstić information content (AvgIpc) is 2.99. The highest BCUT2D eigenvalue weighted by Crippen LogP contribution is 2.23. The van der Waals surface area contributed by atoms with Crippen molar-refractivity contribution >= 4 is 28.8 Å². The lowest BCUT2D eigenvalue weighted by Crippen LogP contribution is -2.38. The first-order valence-corrected chi connectivity index (χ1v) is 7.42. The largest absolute Gasteiger partial charge is 0.350 e. The molecule has 2 rings (SSSR count). The molecular formula is C15H14F2N2O2S. The smallest absolute Gasteiger partial charge is 0.261 e. The van der Waals surface area contributed by atoms with Gasteiger partial charge in [-0.05, 0) is 23.6 Å². The maximum atomic E-state index is 13.8. The minimum atomic E-state index is -0.820. The van der Waals surface area contributed by atoms with Crippen LogP contribution in [0.4, 0.5) is 14.5 Å². The summed E-state index contributed by atoms with van der Waals surface area (Å²) < 4.78 is 27.5. The molecule has 7 heteroatoms. The number of carbonyl (C=O) groups is 2. The normalized spacial score (nSPS) is 10.3. The Morgan fingerprint density at radius 3 is 2.41 bits per heavy atom. The number of nitrogens with zero attached hydrogens (tertiary/aromatic N) is 1. The Labute approximate surface area is 130 Å². The van der Waals surface area contributed by atoms with Crippen molar-refractivity contribution in [3.8, 4) is 0 Å². The van der Waals surface area contributed by atoms with Crippen LogP contribution in [0.15, 0.2) is 35.7 Å². The van der Waals surface area contributed by atoms with Crippen LogP contribution in [-0.2, 0) is 4.79 Å². The predicted molar refractivity (Wildman–Crippen MR) is 81.0 cm³/mol. The number of amides is 2. The Kier molecular flexibility index (Phi) is 5.21. The van der Waals surface area contributed by atoms with Crippen molar-refractivity contribution in [3.05, 3.63) is 52.2 Å². The van der Waals surface area contributed by atoms with Crippen LogP contribution in [-0.4, -0.2) is 24.9 Å². The Morgan fingerprint density at radius 1 is 1.18 bits per heavy atom. The third kappa shape index (κ3) is 3.67. The van der Waals surface area contributed by atoms with Crippen LogP contribution >= 0.6 is 11.3 Å². The number of hydrogen-bond acceptors (Lipinski definition) is 3.